The van der Waals surface area contributed by atoms with Crippen molar-refractivity contribution >= 4 is 5.91 Å². The van der Waals surface area contributed by atoms with Crippen molar-refractivity contribution in [2.75, 3.05) is 26.2 Å². The van der Waals surface area contributed by atoms with Gasteiger partial charge in [0.25, 0.3) is 0 Å². The summed E-state index contributed by atoms with van der Waals surface area (Å²) in [5, 5.41) is 0. The van der Waals surface area contributed by atoms with Gasteiger partial charge in [0.2, 0.25) is 5.91 Å². The van der Waals surface area contributed by atoms with Crippen LogP contribution in [0.3, 0.4) is 0 Å². The lowest BCUT2D eigenvalue weighted by Crippen LogP contribution is -2.44. The van der Waals surface area contributed by atoms with Crippen molar-refractivity contribution in [1.29, 1.82) is 0 Å². The molecule has 3 aliphatic rings. The molecule has 0 N–H and O–H groups in total. The van der Waals surface area contributed by atoms with Gasteiger partial charge in [-0.3, -0.25) is 9.69 Å². The number of carbonyl (C=O) groups excluding carboxylic acids is 1. The summed E-state index contributed by atoms with van der Waals surface area (Å²) < 4.78 is 5.71. The maximum absolute atomic E-state index is 12.8. The van der Waals surface area contributed by atoms with Gasteiger partial charge in [0.15, 0.2) is 0 Å². The van der Waals surface area contributed by atoms with Gasteiger partial charge in [-0.25, -0.2) is 0 Å². The Hall–Kier alpha value is -2.33. The molecule has 5 rings (SSSR count). The van der Waals surface area contributed by atoms with Crippen LogP contribution in [-0.4, -0.2) is 48.0 Å². The molecule has 0 spiro atoms. The Kier molecular flexibility index (Phi) is 5.73. The van der Waals surface area contributed by atoms with Crippen molar-refractivity contribution in [3.63, 3.8) is 0 Å². The Morgan fingerprint density at radius 2 is 1.67 bits per heavy atom. The number of hydrogen-bond donors (Lipinski definition) is 0. The van der Waals surface area contributed by atoms with Crippen LogP contribution in [0, 0.1) is 5.92 Å². The predicted octanol–water partition coefficient (Wildman–Crippen LogP) is 3.58. The van der Waals surface area contributed by atoms with E-state index in [-0.39, 0.29) is 5.91 Å². The van der Waals surface area contributed by atoms with Crippen LogP contribution in [0.15, 0.2) is 60.7 Å². The van der Waals surface area contributed by atoms with Gasteiger partial charge >= 0.3 is 0 Å². The first-order chi connectivity index (χ1) is 13.3. The zero-order chi connectivity index (χ0) is 18.5. The van der Waals surface area contributed by atoms with Crippen molar-refractivity contribution in [2.24, 2.45) is 5.92 Å². The standard InChI is InChI=1S/C23H28N2O2/c26-23(13-14-27-22-9-5-2-6-10-22)25-17-20-11-12-21(18-25)24(16-20)15-19-7-3-1-4-8-19/h1-10,20-21H,11-18H2/t20-,21-/m0/s1. The molecular formula is C23H28N2O2. The molecule has 3 heterocycles. The van der Waals surface area contributed by atoms with Crippen molar-refractivity contribution < 1.29 is 9.53 Å². The van der Waals surface area contributed by atoms with Crippen LogP contribution in [0.1, 0.15) is 24.8 Å². The SMILES string of the molecule is O=C(CCOc1ccccc1)N1C[C@H]2CC[C@@H](C1)N(Cc1ccccc1)C2. The zero-order valence-corrected chi connectivity index (χ0v) is 15.8. The lowest BCUT2D eigenvalue weighted by atomic mass is 9.94. The van der Waals surface area contributed by atoms with Crippen LogP contribution in [0.2, 0.25) is 0 Å². The van der Waals surface area contributed by atoms with Gasteiger partial charge in [-0.15, -0.1) is 0 Å². The number of ether oxygens (including phenoxy) is 1. The third-order valence-corrected chi connectivity index (χ3v) is 5.74. The summed E-state index contributed by atoms with van der Waals surface area (Å²) in [5.41, 5.74) is 1.36. The molecule has 2 aromatic carbocycles. The van der Waals surface area contributed by atoms with Gasteiger partial charge in [0.05, 0.1) is 13.0 Å². The monoisotopic (exact) mass is 364 g/mol. The first-order valence-corrected chi connectivity index (χ1v) is 10.0. The minimum atomic E-state index is 0.226. The van der Waals surface area contributed by atoms with Crippen molar-refractivity contribution in [1.82, 2.24) is 9.80 Å². The van der Waals surface area contributed by atoms with Gasteiger partial charge < -0.3 is 9.64 Å². The fourth-order valence-electron chi connectivity index (χ4n) is 4.33. The highest BCUT2D eigenvalue weighted by Gasteiger charge is 2.36. The summed E-state index contributed by atoms with van der Waals surface area (Å²) in [6.07, 6.45) is 2.88. The molecule has 0 unspecified atom stereocenters. The quantitative estimate of drug-likeness (QED) is 0.785. The largest absolute Gasteiger partial charge is 0.493 e. The predicted molar refractivity (Wildman–Crippen MR) is 106 cm³/mol. The Labute approximate surface area is 161 Å². The van der Waals surface area contributed by atoms with E-state index in [2.05, 4.69) is 40.1 Å². The van der Waals surface area contributed by atoms with Gasteiger partial charge in [0, 0.05) is 32.2 Å². The van der Waals surface area contributed by atoms with Crippen molar-refractivity contribution in [3.05, 3.63) is 66.2 Å². The number of amides is 1. The second-order valence-corrected chi connectivity index (χ2v) is 7.72. The van der Waals surface area contributed by atoms with Gasteiger partial charge in [0.1, 0.15) is 5.75 Å². The van der Waals surface area contributed by atoms with Gasteiger partial charge in [-0.1, -0.05) is 48.5 Å². The molecule has 0 aromatic heterocycles. The molecule has 142 valence electrons. The Balaban J connectivity index is 1.32. The summed E-state index contributed by atoms with van der Waals surface area (Å²) >= 11 is 0. The van der Waals surface area contributed by atoms with E-state index in [1.807, 2.05) is 30.3 Å². The molecule has 4 heteroatoms. The Morgan fingerprint density at radius 1 is 0.926 bits per heavy atom. The molecule has 2 atom stereocenters. The number of hydrogen-bond acceptors (Lipinski definition) is 3. The molecule has 3 saturated heterocycles. The highest BCUT2D eigenvalue weighted by Crippen LogP contribution is 2.29. The summed E-state index contributed by atoms with van der Waals surface area (Å²) in [7, 11) is 0. The third kappa shape index (κ3) is 4.69. The van der Waals surface area contributed by atoms with E-state index >= 15 is 0 Å². The van der Waals surface area contributed by atoms with E-state index in [0.717, 1.165) is 31.9 Å². The molecule has 0 saturated carbocycles. The summed E-state index contributed by atoms with van der Waals surface area (Å²) in [4.78, 5) is 17.4. The highest BCUT2D eigenvalue weighted by molar-refractivity contribution is 5.76. The first-order valence-electron chi connectivity index (χ1n) is 10.0. The molecular weight excluding hydrogens is 336 g/mol. The van der Waals surface area contributed by atoms with E-state index in [1.54, 1.807) is 0 Å². The average Bonchev–Trinajstić information content (AvgIpc) is 3.02. The van der Waals surface area contributed by atoms with Crippen molar-refractivity contribution in [2.45, 2.75) is 31.8 Å². The van der Waals surface area contributed by atoms with E-state index in [4.69, 9.17) is 4.74 Å². The number of nitrogens with zero attached hydrogens (tertiary/aromatic N) is 2. The molecule has 2 bridgehead atoms. The van der Waals surface area contributed by atoms with Crippen molar-refractivity contribution in [3.8, 4) is 5.75 Å². The first kappa shape index (κ1) is 18.1. The molecule has 0 aliphatic carbocycles. The fourth-order valence-corrected chi connectivity index (χ4v) is 4.33. The maximum Gasteiger partial charge on any atom is 0.226 e. The topological polar surface area (TPSA) is 32.8 Å². The van der Waals surface area contributed by atoms with Crippen LogP contribution in [0.5, 0.6) is 5.75 Å². The van der Waals surface area contributed by atoms with Gasteiger partial charge in [-0.05, 0) is 36.5 Å². The number of carbonyl (C=O) groups is 1. The normalized spacial score (nSPS) is 22.4. The molecule has 1 amide bonds. The minimum absolute atomic E-state index is 0.226. The zero-order valence-electron chi connectivity index (χ0n) is 15.8. The lowest BCUT2D eigenvalue weighted by Gasteiger charge is -2.36. The van der Waals surface area contributed by atoms with Crippen LogP contribution < -0.4 is 4.74 Å². The molecule has 4 nitrogen and oxygen atoms in total. The number of para-hydroxylation sites is 1. The maximum atomic E-state index is 12.8. The van der Waals surface area contributed by atoms with Crippen LogP contribution in [-0.2, 0) is 11.3 Å². The van der Waals surface area contributed by atoms with E-state index in [9.17, 15) is 4.79 Å². The highest BCUT2D eigenvalue weighted by atomic mass is 16.5. The second kappa shape index (κ2) is 8.57. The van der Waals surface area contributed by atoms with Crippen LogP contribution >= 0.6 is 0 Å². The Bertz CT molecular complexity index is 735. The number of benzene rings is 2. The van der Waals surface area contributed by atoms with Crippen LogP contribution in [0.25, 0.3) is 0 Å². The third-order valence-electron chi connectivity index (χ3n) is 5.74. The minimum Gasteiger partial charge on any atom is -0.493 e. The fraction of sp³-hybridized carbons (Fsp3) is 0.435. The molecule has 3 aliphatic heterocycles. The average molecular weight is 364 g/mol. The number of rotatable bonds is 6. The Morgan fingerprint density at radius 3 is 2.44 bits per heavy atom. The molecule has 3 fully saturated rings. The molecule has 2 aromatic rings. The molecule has 0 radical (unpaired) electrons. The smallest absolute Gasteiger partial charge is 0.226 e. The lowest BCUT2D eigenvalue weighted by molar-refractivity contribution is -0.132. The summed E-state index contributed by atoms with van der Waals surface area (Å²) in [5.74, 6) is 1.64. The van der Waals surface area contributed by atoms with E-state index < -0.39 is 0 Å². The molecule has 27 heavy (non-hydrogen) atoms. The number of piperidine rings is 1. The summed E-state index contributed by atoms with van der Waals surface area (Å²) in [6, 6.07) is 20.9. The van der Waals surface area contributed by atoms with E-state index in [1.165, 1.54) is 18.4 Å². The summed E-state index contributed by atoms with van der Waals surface area (Å²) in [6.45, 7) is 4.28. The van der Waals surface area contributed by atoms with E-state index in [0.29, 0.717) is 25.0 Å². The van der Waals surface area contributed by atoms with Crippen LogP contribution in [0.4, 0.5) is 0 Å². The van der Waals surface area contributed by atoms with Gasteiger partial charge in [-0.2, -0.15) is 0 Å². The second-order valence-electron chi connectivity index (χ2n) is 7.72. The number of fused-ring (bicyclic) bond motifs is 4.